The Morgan fingerprint density at radius 2 is 2.24 bits per heavy atom. The highest BCUT2D eigenvalue weighted by molar-refractivity contribution is 6.33. The number of amides is 1. The highest BCUT2D eigenvalue weighted by atomic mass is 35.5. The third-order valence-electron chi connectivity index (χ3n) is 2.08. The zero-order valence-electron chi connectivity index (χ0n) is 9.18. The van der Waals surface area contributed by atoms with Crippen LogP contribution >= 0.6 is 11.6 Å². The Balaban J connectivity index is 2.23. The van der Waals surface area contributed by atoms with Gasteiger partial charge in [-0.2, -0.15) is 0 Å². The minimum Gasteiger partial charge on any atom is -0.289 e. The van der Waals surface area contributed by atoms with E-state index in [0.29, 0.717) is 0 Å². The molecule has 0 radical (unpaired) electrons. The summed E-state index contributed by atoms with van der Waals surface area (Å²) in [7, 11) is 1.62. The quantitative estimate of drug-likeness (QED) is 0.800. The van der Waals surface area contributed by atoms with E-state index >= 15 is 0 Å². The van der Waals surface area contributed by atoms with Crippen molar-refractivity contribution in [3.05, 3.63) is 28.5 Å². The maximum atomic E-state index is 11.9. The Labute approximate surface area is 102 Å². The van der Waals surface area contributed by atoms with E-state index < -0.39 is 5.91 Å². The smallest absolute Gasteiger partial charge is 0.261 e. The number of aryl methyl sites for hydroxylation is 2. The van der Waals surface area contributed by atoms with Gasteiger partial charge in [0.1, 0.15) is 5.15 Å². The van der Waals surface area contributed by atoms with Crippen LogP contribution in [0.4, 0.5) is 5.95 Å². The van der Waals surface area contributed by atoms with Crippen LogP contribution in [0, 0.1) is 6.92 Å². The van der Waals surface area contributed by atoms with Crippen LogP contribution < -0.4 is 5.32 Å². The van der Waals surface area contributed by atoms with Crippen LogP contribution in [0.3, 0.4) is 0 Å². The lowest BCUT2D eigenvalue weighted by molar-refractivity contribution is 0.102. The predicted molar refractivity (Wildman–Crippen MR) is 60.7 cm³/mol. The molecular formula is C9H9ClN6O. The van der Waals surface area contributed by atoms with Gasteiger partial charge in [-0.1, -0.05) is 16.7 Å². The van der Waals surface area contributed by atoms with Crippen molar-refractivity contribution in [2.45, 2.75) is 6.92 Å². The molecule has 0 fully saturated rings. The number of hydrogen-bond donors (Lipinski definition) is 1. The van der Waals surface area contributed by atoms with E-state index in [1.54, 1.807) is 26.1 Å². The first-order valence-electron chi connectivity index (χ1n) is 4.75. The highest BCUT2D eigenvalue weighted by Crippen LogP contribution is 2.14. The molecule has 2 aromatic rings. The fraction of sp³-hybridized carbons (Fsp3) is 0.222. The van der Waals surface area contributed by atoms with E-state index in [4.69, 9.17) is 11.6 Å². The summed E-state index contributed by atoms with van der Waals surface area (Å²) < 4.78 is 1.34. The van der Waals surface area contributed by atoms with Gasteiger partial charge in [0.25, 0.3) is 5.91 Å². The van der Waals surface area contributed by atoms with Crippen molar-refractivity contribution in [1.82, 2.24) is 25.2 Å². The zero-order chi connectivity index (χ0) is 12.4. The molecule has 1 N–H and O–H groups in total. The fourth-order valence-electron chi connectivity index (χ4n) is 1.20. The van der Waals surface area contributed by atoms with Gasteiger partial charge in [-0.3, -0.25) is 10.1 Å². The monoisotopic (exact) mass is 252 g/mol. The summed E-state index contributed by atoms with van der Waals surface area (Å²) in [5.74, 6) is -0.160. The number of carbonyl (C=O) groups excluding carboxylic acids is 1. The van der Waals surface area contributed by atoms with Gasteiger partial charge in [-0.05, 0) is 29.5 Å². The third-order valence-corrected chi connectivity index (χ3v) is 2.37. The molecule has 88 valence electrons. The van der Waals surface area contributed by atoms with E-state index in [0.717, 1.165) is 5.69 Å². The van der Waals surface area contributed by atoms with E-state index in [-0.39, 0.29) is 16.7 Å². The van der Waals surface area contributed by atoms with E-state index in [1.807, 2.05) is 0 Å². The molecule has 1 amide bonds. The second-order valence-electron chi connectivity index (χ2n) is 3.37. The number of anilines is 1. The van der Waals surface area contributed by atoms with Gasteiger partial charge in [0.15, 0.2) is 0 Å². The van der Waals surface area contributed by atoms with E-state index in [2.05, 4.69) is 25.8 Å². The zero-order valence-corrected chi connectivity index (χ0v) is 9.93. The second kappa shape index (κ2) is 4.46. The maximum absolute atomic E-state index is 11.9. The Morgan fingerprint density at radius 3 is 2.82 bits per heavy atom. The Bertz CT molecular complexity index is 566. The largest absolute Gasteiger partial charge is 0.289 e. The molecule has 17 heavy (non-hydrogen) atoms. The SMILES string of the molecule is Cc1ccc(C(=O)Nc2nnnn2C)c(Cl)n1. The maximum Gasteiger partial charge on any atom is 0.261 e. The summed E-state index contributed by atoms with van der Waals surface area (Å²) >= 11 is 5.87. The number of rotatable bonds is 2. The first kappa shape index (κ1) is 11.5. The number of tetrazole rings is 1. The molecule has 7 nitrogen and oxygen atoms in total. The van der Waals surface area contributed by atoms with E-state index in [9.17, 15) is 4.79 Å². The first-order valence-corrected chi connectivity index (χ1v) is 5.12. The number of aromatic nitrogens is 5. The first-order chi connectivity index (χ1) is 8.08. The average Bonchev–Trinajstić information content (AvgIpc) is 2.64. The molecule has 0 aliphatic heterocycles. The Kier molecular flexibility index (Phi) is 3.01. The minimum absolute atomic E-state index is 0.151. The number of halogens is 1. The van der Waals surface area contributed by atoms with Crippen molar-refractivity contribution in [3.8, 4) is 0 Å². The van der Waals surface area contributed by atoms with Crippen LogP contribution in [-0.4, -0.2) is 31.1 Å². The summed E-state index contributed by atoms with van der Waals surface area (Å²) in [4.78, 5) is 15.8. The topological polar surface area (TPSA) is 85.6 Å². The fourth-order valence-corrected chi connectivity index (χ4v) is 1.48. The summed E-state index contributed by atoms with van der Waals surface area (Å²) in [6.45, 7) is 1.79. The summed E-state index contributed by atoms with van der Waals surface area (Å²) in [6.07, 6.45) is 0. The van der Waals surface area contributed by atoms with Crippen LogP contribution in [0.1, 0.15) is 16.1 Å². The van der Waals surface area contributed by atoms with Crippen LogP contribution in [0.5, 0.6) is 0 Å². The molecule has 2 heterocycles. The van der Waals surface area contributed by atoms with Gasteiger partial charge in [-0.25, -0.2) is 9.67 Å². The van der Waals surface area contributed by atoms with Crippen LogP contribution in [0.15, 0.2) is 12.1 Å². The average molecular weight is 253 g/mol. The second-order valence-corrected chi connectivity index (χ2v) is 3.73. The summed E-state index contributed by atoms with van der Waals surface area (Å²) in [5, 5.41) is 13.3. The normalized spacial score (nSPS) is 10.3. The molecular weight excluding hydrogens is 244 g/mol. The minimum atomic E-state index is -0.402. The molecule has 0 spiro atoms. The molecule has 8 heteroatoms. The lowest BCUT2D eigenvalue weighted by atomic mass is 10.2. The standard InChI is InChI=1S/C9H9ClN6O/c1-5-3-4-6(7(10)11-5)8(17)12-9-13-14-15-16(9)2/h3-4H,1-2H3,(H,12,13,15,17). The molecule has 0 saturated carbocycles. The van der Waals surface area contributed by atoms with E-state index in [1.165, 1.54) is 4.68 Å². The van der Waals surface area contributed by atoms with Crippen LogP contribution in [-0.2, 0) is 7.05 Å². The molecule has 0 unspecified atom stereocenters. The predicted octanol–water partition coefficient (Wildman–Crippen LogP) is 0.819. The van der Waals surface area contributed by atoms with Crippen molar-refractivity contribution >= 4 is 23.5 Å². The number of nitrogens with one attached hydrogen (secondary N) is 1. The number of nitrogens with zero attached hydrogens (tertiary/aromatic N) is 5. The molecule has 2 rings (SSSR count). The van der Waals surface area contributed by atoms with Crippen molar-refractivity contribution in [2.24, 2.45) is 7.05 Å². The molecule has 0 aromatic carbocycles. The highest BCUT2D eigenvalue weighted by Gasteiger charge is 2.14. The molecule has 0 saturated heterocycles. The summed E-state index contributed by atoms with van der Waals surface area (Å²) in [6, 6.07) is 3.31. The van der Waals surface area contributed by atoms with Gasteiger partial charge < -0.3 is 0 Å². The third kappa shape index (κ3) is 2.39. The number of hydrogen-bond acceptors (Lipinski definition) is 5. The Hall–Kier alpha value is -2.02. The Morgan fingerprint density at radius 1 is 1.47 bits per heavy atom. The van der Waals surface area contributed by atoms with Gasteiger partial charge in [-0.15, -0.1) is 0 Å². The van der Waals surface area contributed by atoms with Gasteiger partial charge in [0, 0.05) is 12.7 Å². The van der Waals surface area contributed by atoms with Crippen LogP contribution in [0.2, 0.25) is 5.15 Å². The van der Waals surface area contributed by atoms with Crippen molar-refractivity contribution in [1.29, 1.82) is 0 Å². The molecule has 0 aliphatic rings. The number of carbonyl (C=O) groups is 1. The van der Waals surface area contributed by atoms with Gasteiger partial charge in [0.05, 0.1) is 5.56 Å². The van der Waals surface area contributed by atoms with Crippen molar-refractivity contribution < 1.29 is 4.79 Å². The lowest BCUT2D eigenvalue weighted by Crippen LogP contribution is -2.16. The van der Waals surface area contributed by atoms with Gasteiger partial charge in [0.2, 0.25) is 5.95 Å². The molecule has 2 aromatic heterocycles. The van der Waals surface area contributed by atoms with Gasteiger partial charge >= 0.3 is 0 Å². The molecule has 0 atom stereocenters. The number of pyridine rings is 1. The molecule has 0 aliphatic carbocycles. The van der Waals surface area contributed by atoms with Crippen molar-refractivity contribution in [2.75, 3.05) is 5.32 Å². The lowest BCUT2D eigenvalue weighted by Gasteiger charge is -2.04. The molecule has 0 bridgehead atoms. The van der Waals surface area contributed by atoms with Crippen LogP contribution in [0.25, 0.3) is 0 Å². The van der Waals surface area contributed by atoms with Crippen molar-refractivity contribution in [3.63, 3.8) is 0 Å². The summed E-state index contributed by atoms with van der Waals surface area (Å²) in [5.41, 5.74) is 1.02.